The molecule has 2 heterocycles. The lowest BCUT2D eigenvalue weighted by molar-refractivity contribution is -0.123. The molecule has 1 unspecified atom stereocenters. The number of amides is 1. The molecule has 2 aromatic carbocycles. The molecule has 5 nitrogen and oxygen atoms in total. The quantitative estimate of drug-likeness (QED) is 0.789. The number of carbonyl (C=O) groups is 1. The van der Waals surface area contributed by atoms with Crippen LogP contribution in [0.15, 0.2) is 36.4 Å². The number of benzene rings is 2. The second-order valence-corrected chi connectivity index (χ2v) is 8.83. The molecular weight excluding hydrogens is 393 g/mol. The highest BCUT2D eigenvalue weighted by Gasteiger charge is 2.30. The first-order valence-electron chi connectivity index (χ1n) is 11.5. The van der Waals surface area contributed by atoms with Crippen LogP contribution in [0.25, 0.3) is 0 Å². The number of nitrogens with zero attached hydrogens (tertiary/aromatic N) is 2. The summed E-state index contributed by atoms with van der Waals surface area (Å²) >= 11 is 0. The van der Waals surface area contributed by atoms with Crippen molar-refractivity contribution in [3.8, 4) is 5.75 Å². The second-order valence-electron chi connectivity index (χ2n) is 8.83. The fourth-order valence-corrected chi connectivity index (χ4v) is 5.02. The summed E-state index contributed by atoms with van der Waals surface area (Å²) in [6.45, 7) is 4.78. The summed E-state index contributed by atoms with van der Waals surface area (Å²) in [6.07, 6.45) is 5.76. The summed E-state index contributed by atoms with van der Waals surface area (Å²) in [6, 6.07) is 10.9. The molecule has 1 aliphatic carbocycles. The van der Waals surface area contributed by atoms with Crippen molar-refractivity contribution < 1.29 is 13.9 Å². The number of hydrogen-bond acceptors (Lipinski definition) is 4. The molecule has 0 radical (unpaired) electrons. The van der Waals surface area contributed by atoms with Crippen LogP contribution in [-0.2, 0) is 17.6 Å². The maximum atomic E-state index is 13.1. The number of halogens is 1. The molecule has 2 aliphatic heterocycles. The first-order valence-corrected chi connectivity index (χ1v) is 11.5. The molecule has 1 saturated heterocycles. The van der Waals surface area contributed by atoms with Gasteiger partial charge in [-0.15, -0.1) is 0 Å². The molecular formula is C25H30FN3O2. The van der Waals surface area contributed by atoms with Crippen LogP contribution in [0, 0.1) is 5.82 Å². The number of nitrogens with one attached hydrogen (secondary N) is 1. The molecule has 31 heavy (non-hydrogen) atoms. The molecule has 1 fully saturated rings. The number of aryl methyl sites for hydroxylation is 1. The highest BCUT2D eigenvalue weighted by Crippen LogP contribution is 2.38. The van der Waals surface area contributed by atoms with Crippen LogP contribution in [0.2, 0.25) is 0 Å². The predicted molar refractivity (Wildman–Crippen MR) is 120 cm³/mol. The van der Waals surface area contributed by atoms with Gasteiger partial charge in [0.15, 0.2) is 6.10 Å². The third-order valence-corrected chi connectivity index (χ3v) is 6.81. The van der Waals surface area contributed by atoms with Crippen LogP contribution < -0.4 is 15.0 Å². The summed E-state index contributed by atoms with van der Waals surface area (Å²) in [7, 11) is 0. The molecule has 164 valence electrons. The smallest absolute Gasteiger partial charge is 0.265 e. The van der Waals surface area contributed by atoms with E-state index >= 15 is 0 Å². The number of piperazine rings is 1. The predicted octanol–water partition coefficient (Wildman–Crippen LogP) is 4.01. The summed E-state index contributed by atoms with van der Waals surface area (Å²) < 4.78 is 19.2. The maximum absolute atomic E-state index is 13.1. The fourth-order valence-electron chi connectivity index (χ4n) is 5.02. The molecule has 0 saturated carbocycles. The number of rotatable bonds is 5. The van der Waals surface area contributed by atoms with Crippen LogP contribution in [0.3, 0.4) is 0 Å². The van der Waals surface area contributed by atoms with Gasteiger partial charge in [0.05, 0.1) is 5.69 Å². The average Bonchev–Trinajstić information content (AvgIpc) is 2.80. The van der Waals surface area contributed by atoms with Crippen LogP contribution >= 0.6 is 0 Å². The average molecular weight is 424 g/mol. The molecule has 0 bridgehead atoms. The maximum Gasteiger partial charge on any atom is 0.265 e. The first kappa shape index (κ1) is 20.3. The minimum Gasteiger partial charge on any atom is -0.478 e. The van der Waals surface area contributed by atoms with Crippen molar-refractivity contribution in [2.75, 3.05) is 42.9 Å². The van der Waals surface area contributed by atoms with Gasteiger partial charge in [-0.05, 0) is 86.5 Å². The van der Waals surface area contributed by atoms with Gasteiger partial charge in [0, 0.05) is 31.9 Å². The van der Waals surface area contributed by atoms with E-state index in [-0.39, 0.29) is 11.7 Å². The van der Waals surface area contributed by atoms with Crippen LogP contribution in [0.5, 0.6) is 5.75 Å². The Morgan fingerprint density at radius 3 is 2.58 bits per heavy atom. The van der Waals surface area contributed by atoms with E-state index in [2.05, 4.69) is 21.2 Å². The van der Waals surface area contributed by atoms with E-state index in [1.807, 2.05) is 18.2 Å². The normalized spacial score (nSPS) is 21.1. The zero-order valence-electron chi connectivity index (χ0n) is 17.9. The molecule has 2 aromatic rings. The summed E-state index contributed by atoms with van der Waals surface area (Å²) in [5.41, 5.74) is 4.62. The van der Waals surface area contributed by atoms with Gasteiger partial charge in [0.1, 0.15) is 11.6 Å². The van der Waals surface area contributed by atoms with E-state index in [0.29, 0.717) is 0 Å². The highest BCUT2D eigenvalue weighted by atomic mass is 19.1. The van der Waals surface area contributed by atoms with Gasteiger partial charge < -0.3 is 15.0 Å². The Labute approximate surface area is 183 Å². The van der Waals surface area contributed by atoms with E-state index in [4.69, 9.17) is 4.74 Å². The molecule has 1 amide bonds. The molecule has 1 atom stereocenters. The topological polar surface area (TPSA) is 44.8 Å². The second kappa shape index (κ2) is 8.87. The zero-order valence-corrected chi connectivity index (χ0v) is 17.9. The van der Waals surface area contributed by atoms with Gasteiger partial charge in [0.2, 0.25) is 0 Å². The van der Waals surface area contributed by atoms with Gasteiger partial charge in [-0.3, -0.25) is 9.69 Å². The van der Waals surface area contributed by atoms with E-state index in [1.165, 1.54) is 36.1 Å². The van der Waals surface area contributed by atoms with E-state index in [1.54, 1.807) is 0 Å². The lowest BCUT2D eigenvalue weighted by Crippen LogP contribution is -2.47. The Kier molecular flexibility index (Phi) is 5.81. The number of fused-ring (bicyclic) bond motifs is 3. The monoisotopic (exact) mass is 423 g/mol. The molecule has 0 spiro atoms. The fraction of sp³-hybridized carbons (Fsp3) is 0.480. The Morgan fingerprint density at radius 2 is 1.77 bits per heavy atom. The molecule has 0 aromatic heterocycles. The van der Waals surface area contributed by atoms with Gasteiger partial charge in [-0.2, -0.15) is 0 Å². The van der Waals surface area contributed by atoms with E-state index in [0.717, 1.165) is 75.5 Å². The first-order chi connectivity index (χ1) is 15.2. The van der Waals surface area contributed by atoms with Crippen LogP contribution in [0.1, 0.15) is 36.8 Å². The van der Waals surface area contributed by atoms with E-state index < -0.39 is 6.10 Å². The molecule has 5 rings (SSSR count). The van der Waals surface area contributed by atoms with Crippen molar-refractivity contribution in [2.45, 2.75) is 44.6 Å². The Bertz CT molecular complexity index is 939. The van der Waals surface area contributed by atoms with Crippen molar-refractivity contribution in [1.29, 1.82) is 0 Å². The summed E-state index contributed by atoms with van der Waals surface area (Å²) in [5, 5.41) is 3.14. The van der Waals surface area contributed by atoms with Gasteiger partial charge in [-0.25, -0.2) is 4.39 Å². The van der Waals surface area contributed by atoms with Crippen molar-refractivity contribution in [3.05, 3.63) is 53.3 Å². The largest absolute Gasteiger partial charge is 0.478 e. The number of anilines is 2. The van der Waals surface area contributed by atoms with Gasteiger partial charge in [-0.1, -0.05) is 6.07 Å². The Morgan fingerprint density at radius 1 is 1.00 bits per heavy atom. The zero-order chi connectivity index (χ0) is 21.2. The Balaban J connectivity index is 1.11. The highest BCUT2D eigenvalue weighted by molar-refractivity contribution is 5.98. The van der Waals surface area contributed by atoms with Crippen LogP contribution in [0.4, 0.5) is 15.8 Å². The number of ether oxygens (including phenoxy) is 1. The minimum atomic E-state index is -0.408. The number of carbonyl (C=O) groups excluding carboxylic acids is 1. The Hall–Kier alpha value is -2.60. The van der Waals surface area contributed by atoms with Gasteiger partial charge in [0.25, 0.3) is 5.91 Å². The standard InChI is InChI=1S/C25H30FN3O2/c26-19-8-10-20(11-9-19)29-16-14-28(15-17-29)13-3-6-23-25(30)27-24-21-5-2-1-4-18(21)7-12-22(24)31-23/h7-12,23H,1-6,13-17H2,(H,27,30). The van der Waals surface area contributed by atoms with Gasteiger partial charge >= 0.3 is 0 Å². The van der Waals surface area contributed by atoms with Crippen molar-refractivity contribution in [3.63, 3.8) is 0 Å². The molecule has 6 heteroatoms. The van der Waals surface area contributed by atoms with Crippen molar-refractivity contribution in [2.24, 2.45) is 0 Å². The summed E-state index contributed by atoms with van der Waals surface area (Å²) in [4.78, 5) is 17.4. The van der Waals surface area contributed by atoms with Crippen molar-refractivity contribution >= 4 is 17.3 Å². The molecule has 3 aliphatic rings. The summed E-state index contributed by atoms with van der Waals surface area (Å²) in [5.74, 6) is 0.629. The third-order valence-electron chi connectivity index (χ3n) is 6.81. The lowest BCUT2D eigenvalue weighted by Gasteiger charge is -2.36. The van der Waals surface area contributed by atoms with Crippen LogP contribution in [-0.4, -0.2) is 49.6 Å². The van der Waals surface area contributed by atoms with Crippen molar-refractivity contribution in [1.82, 2.24) is 4.90 Å². The molecule has 1 N–H and O–H groups in total. The number of hydrogen-bond donors (Lipinski definition) is 1. The third kappa shape index (κ3) is 4.40. The van der Waals surface area contributed by atoms with E-state index in [9.17, 15) is 9.18 Å². The SMILES string of the molecule is O=C1Nc2c(ccc3c2CCCC3)OC1CCCN1CCN(c2ccc(F)cc2)CC1. The minimum absolute atomic E-state index is 0.00685. The lowest BCUT2D eigenvalue weighted by atomic mass is 9.89.